The molecule has 0 fully saturated rings. The Hall–Kier alpha value is -4.34. The number of para-hydroxylation sites is 3. The molecule has 2 nitrogen and oxygen atoms in total. The van der Waals surface area contributed by atoms with Crippen LogP contribution in [0.4, 0.5) is 0 Å². The van der Waals surface area contributed by atoms with Gasteiger partial charge in [-0.1, -0.05) is 72.8 Å². The second kappa shape index (κ2) is 7.08. The molecule has 0 saturated carbocycles. The van der Waals surface area contributed by atoms with Gasteiger partial charge in [0.25, 0.3) is 0 Å². The first kappa shape index (κ1) is 19.0. The first-order valence-corrected chi connectivity index (χ1v) is 12.7. The average molecular weight is 465 g/mol. The smallest absolute Gasteiger partial charge is 0.0804 e. The monoisotopic (exact) mass is 464 g/mol. The lowest BCUT2D eigenvalue weighted by Crippen LogP contribution is -1.93. The summed E-state index contributed by atoms with van der Waals surface area (Å²) in [6.07, 6.45) is 0. The molecule has 5 aromatic carbocycles. The van der Waals surface area contributed by atoms with E-state index in [1.54, 1.807) is 0 Å². The predicted molar refractivity (Wildman–Crippen MR) is 151 cm³/mol. The van der Waals surface area contributed by atoms with Crippen LogP contribution in [0.2, 0.25) is 0 Å². The van der Waals surface area contributed by atoms with Crippen molar-refractivity contribution < 1.29 is 0 Å². The van der Waals surface area contributed by atoms with Gasteiger partial charge >= 0.3 is 0 Å². The van der Waals surface area contributed by atoms with Crippen LogP contribution in [0, 0.1) is 0 Å². The van der Waals surface area contributed by atoms with Crippen molar-refractivity contribution in [1.82, 2.24) is 9.13 Å². The third-order valence-corrected chi connectivity index (χ3v) is 8.23. The Balaban J connectivity index is 1.67. The van der Waals surface area contributed by atoms with Crippen molar-refractivity contribution in [3.8, 4) is 11.4 Å². The highest BCUT2D eigenvalue weighted by Gasteiger charge is 2.22. The highest BCUT2D eigenvalue weighted by Crippen LogP contribution is 2.44. The molecule has 0 atom stereocenters. The molecule has 8 aromatic rings. The van der Waals surface area contributed by atoms with Crippen molar-refractivity contribution in [2.45, 2.75) is 0 Å². The zero-order chi connectivity index (χ0) is 22.9. The lowest BCUT2D eigenvalue weighted by atomic mass is 10.1. The maximum atomic E-state index is 2.45. The van der Waals surface area contributed by atoms with Gasteiger partial charge in [-0.15, -0.1) is 11.3 Å². The number of hydrogen-bond donors (Lipinski definition) is 0. The molecule has 0 spiro atoms. The van der Waals surface area contributed by atoms with E-state index in [4.69, 9.17) is 0 Å². The predicted octanol–water partition coefficient (Wildman–Crippen LogP) is 9.10. The van der Waals surface area contributed by atoms with Gasteiger partial charge in [-0.05, 0) is 48.5 Å². The Kier molecular flexibility index (Phi) is 3.85. The van der Waals surface area contributed by atoms with E-state index in [9.17, 15) is 0 Å². The Morgan fingerprint density at radius 2 is 0.971 bits per heavy atom. The molecule has 0 N–H and O–H groups in total. The van der Waals surface area contributed by atoms with Crippen LogP contribution in [0.3, 0.4) is 0 Å². The lowest BCUT2D eigenvalue weighted by Gasteiger charge is -2.09. The van der Waals surface area contributed by atoms with Crippen LogP contribution in [-0.4, -0.2) is 9.13 Å². The summed E-state index contributed by atoms with van der Waals surface area (Å²) in [5, 5.41) is 5.20. The van der Waals surface area contributed by atoms with Crippen molar-refractivity contribution in [2.24, 2.45) is 0 Å². The third-order valence-electron chi connectivity index (χ3n) is 7.09. The number of fused-ring (bicyclic) bond motifs is 8. The van der Waals surface area contributed by atoms with Gasteiger partial charge in [0.15, 0.2) is 0 Å². The second-order valence-corrected chi connectivity index (χ2v) is 10.1. The molecule has 0 aliphatic heterocycles. The molecular formula is C32H20N2S. The number of aromatic nitrogens is 2. The molecule has 164 valence electrons. The van der Waals surface area contributed by atoms with Crippen LogP contribution in [0.15, 0.2) is 121 Å². The minimum Gasteiger partial charge on any atom is -0.307 e. The van der Waals surface area contributed by atoms with Gasteiger partial charge in [0.1, 0.15) is 0 Å². The van der Waals surface area contributed by atoms with E-state index >= 15 is 0 Å². The lowest BCUT2D eigenvalue weighted by molar-refractivity contribution is 1.17. The Morgan fingerprint density at radius 1 is 0.400 bits per heavy atom. The van der Waals surface area contributed by atoms with Crippen LogP contribution in [0.1, 0.15) is 0 Å². The van der Waals surface area contributed by atoms with Crippen LogP contribution in [-0.2, 0) is 0 Å². The number of thiophene rings is 1. The molecule has 0 aliphatic rings. The van der Waals surface area contributed by atoms with Crippen molar-refractivity contribution in [3.05, 3.63) is 121 Å². The van der Waals surface area contributed by atoms with Gasteiger partial charge in [-0.25, -0.2) is 0 Å². The summed E-state index contributed by atoms with van der Waals surface area (Å²) in [7, 11) is 0. The highest BCUT2D eigenvalue weighted by molar-refractivity contribution is 7.25. The van der Waals surface area contributed by atoms with E-state index in [0.717, 1.165) is 0 Å². The summed E-state index contributed by atoms with van der Waals surface area (Å²) in [5.41, 5.74) is 7.35. The van der Waals surface area contributed by atoms with Crippen molar-refractivity contribution in [1.29, 1.82) is 0 Å². The molecule has 8 rings (SSSR count). The fourth-order valence-electron chi connectivity index (χ4n) is 5.64. The summed E-state index contributed by atoms with van der Waals surface area (Å²) >= 11 is 1.88. The van der Waals surface area contributed by atoms with E-state index in [2.05, 4.69) is 130 Å². The molecule has 0 radical (unpaired) electrons. The summed E-state index contributed by atoms with van der Waals surface area (Å²) in [6.45, 7) is 0. The molecule has 3 heteroatoms. The zero-order valence-corrected chi connectivity index (χ0v) is 19.7. The quantitative estimate of drug-likeness (QED) is 0.241. The van der Waals surface area contributed by atoms with E-state index in [0.29, 0.717) is 0 Å². The second-order valence-electron chi connectivity index (χ2n) is 9.02. The highest BCUT2D eigenvalue weighted by atomic mass is 32.1. The fourth-order valence-corrected chi connectivity index (χ4v) is 6.76. The van der Waals surface area contributed by atoms with Crippen LogP contribution in [0.25, 0.3) is 64.4 Å². The SMILES string of the molecule is c1ccc(-n2c3ccccc3c3c2c2cc4c(cc2n3-c2ccccc2)sc2ccccc24)cc1. The standard InChI is InChI=1S/C32H20N2S/c1-3-11-21(12-4-1)33-27-17-9-7-16-24(27)31-32(33)26-19-25-23-15-8-10-18-29(23)35-30(25)20-28(26)34(31)22-13-5-2-6-14-22/h1-20H. The molecular weight excluding hydrogens is 444 g/mol. The summed E-state index contributed by atoms with van der Waals surface area (Å²) in [4.78, 5) is 0. The third kappa shape index (κ3) is 2.59. The van der Waals surface area contributed by atoms with E-state index in [1.165, 1.54) is 64.4 Å². The fraction of sp³-hybridized carbons (Fsp3) is 0. The molecule has 3 aromatic heterocycles. The number of benzene rings is 5. The maximum absolute atomic E-state index is 2.45. The van der Waals surface area contributed by atoms with Crippen LogP contribution >= 0.6 is 11.3 Å². The minimum atomic E-state index is 1.18. The summed E-state index contributed by atoms with van der Waals surface area (Å²) in [6, 6.07) is 43.8. The van der Waals surface area contributed by atoms with Gasteiger partial charge in [0, 0.05) is 42.3 Å². The summed E-state index contributed by atoms with van der Waals surface area (Å²) < 4.78 is 7.55. The van der Waals surface area contributed by atoms with Gasteiger partial charge in [0.2, 0.25) is 0 Å². The first-order chi connectivity index (χ1) is 17.4. The maximum Gasteiger partial charge on any atom is 0.0804 e. The van der Waals surface area contributed by atoms with Gasteiger partial charge in [-0.3, -0.25) is 0 Å². The van der Waals surface area contributed by atoms with Crippen molar-refractivity contribution in [2.75, 3.05) is 0 Å². The Labute approximate surface area is 205 Å². The molecule has 0 aliphatic carbocycles. The molecule has 0 saturated heterocycles. The minimum absolute atomic E-state index is 1.18. The molecule has 3 heterocycles. The van der Waals surface area contributed by atoms with Gasteiger partial charge in [0.05, 0.1) is 22.1 Å². The van der Waals surface area contributed by atoms with Crippen molar-refractivity contribution >= 4 is 64.3 Å². The topological polar surface area (TPSA) is 9.86 Å². The Bertz CT molecular complexity index is 2040. The molecule has 35 heavy (non-hydrogen) atoms. The average Bonchev–Trinajstić information content (AvgIpc) is 3.55. The van der Waals surface area contributed by atoms with Gasteiger partial charge in [-0.2, -0.15) is 0 Å². The molecule has 0 unspecified atom stereocenters. The largest absolute Gasteiger partial charge is 0.307 e. The van der Waals surface area contributed by atoms with Crippen molar-refractivity contribution in [3.63, 3.8) is 0 Å². The zero-order valence-electron chi connectivity index (χ0n) is 18.8. The number of nitrogens with zero attached hydrogens (tertiary/aromatic N) is 2. The number of hydrogen-bond acceptors (Lipinski definition) is 1. The van der Waals surface area contributed by atoms with Crippen LogP contribution in [0.5, 0.6) is 0 Å². The Morgan fingerprint density at radius 3 is 1.71 bits per heavy atom. The first-order valence-electron chi connectivity index (χ1n) is 11.9. The summed E-state index contributed by atoms with van der Waals surface area (Å²) in [5.74, 6) is 0. The van der Waals surface area contributed by atoms with E-state index in [1.807, 2.05) is 11.3 Å². The van der Waals surface area contributed by atoms with Crippen LogP contribution < -0.4 is 0 Å². The van der Waals surface area contributed by atoms with Gasteiger partial charge < -0.3 is 9.13 Å². The molecule has 0 amide bonds. The molecule has 0 bridgehead atoms. The normalized spacial score (nSPS) is 12.0. The van der Waals surface area contributed by atoms with E-state index in [-0.39, 0.29) is 0 Å². The van der Waals surface area contributed by atoms with E-state index < -0.39 is 0 Å². The number of rotatable bonds is 2.